The van der Waals surface area contributed by atoms with Crippen molar-refractivity contribution in [2.24, 2.45) is 0 Å². The molecule has 0 spiro atoms. The van der Waals surface area contributed by atoms with Gasteiger partial charge in [-0.25, -0.2) is 4.79 Å². The van der Waals surface area contributed by atoms with Gasteiger partial charge in [-0.2, -0.15) is 11.8 Å². The van der Waals surface area contributed by atoms with Crippen molar-refractivity contribution in [2.75, 3.05) is 23.9 Å². The highest BCUT2D eigenvalue weighted by Gasteiger charge is 2.23. The summed E-state index contributed by atoms with van der Waals surface area (Å²) in [6.45, 7) is 1.96. The first-order chi connectivity index (χ1) is 15.3. The molecular formula is C21H22ClN3O6S. The van der Waals surface area contributed by atoms with Crippen LogP contribution in [-0.4, -0.2) is 47.4 Å². The molecule has 9 nitrogen and oxygen atoms in total. The van der Waals surface area contributed by atoms with Gasteiger partial charge in [-0.05, 0) is 61.8 Å². The van der Waals surface area contributed by atoms with Crippen LogP contribution in [0.15, 0.2) is 42.5 Å². The predicted octanol–water partition coefficient (Wildman–Crippen LogP) is 3.92. The molecule has 2 N–H and O–H groups in total. The monoisotopic (exact) mass is 479 g/mol. The van der Waals surface area contributed by atoms with E-state index in [4.69, 9.17) is 16.3 Å². The average Bonchev–Trinajstić information content (AvgIpc) is 2.77. The third-order valence-corrected chi connectivity index (χ3v) is 5.26. The van der Waals surface area contributed by atoms with Crippen LogP contribution in [0.4, 0.5) is 11.4 Å². The van der Waals surface area contributed by atoms with Gasteiger partial charge >= 0.3 is 5.97 Å². The lowest BCUT2D eigenvalue weighted by molar-refractivity contribution is -0.384. The van der Waals surface area contributed by atoms with Crippen molar-refractivity contribution in [3.63, 3.8) is 0 Å². The molecule has 0 saturated heterocycles. The standard InChI is InChI=1S/C21H22ClN3O6S/c1-3-31-21(28)13-4-7-15(8-5-13)23-20(27)17(10-11-32-2)24-19(26)14-6-9-16(22)18(12-14)25(29)30/h4-9,12,17H,3,10-11H2,1-2H3,(H,23,27)(H,24,26). The summed E-state index contributed by atoms with van der Waals surface area (Å²) in [5.41, 5.74) is 0.406. The molecule has 1 unspecified atom stereocenters. The van der Waals surface area contributed by atoms with Crippen LogP contribution in [0.3, 0.4) is 0 Å². The maximum Gasteiger partial charge on any atom is 0.338 e. The number of thioether (sulfide) groups is 1. The predicted molar refractivity (Wildman–Crippen MR) is 123 cm³/mol. The highest BCUT2D eigenvalue weighted by Crippen LogP contribution is 2.25. The summed E-state index contributed by atoms with van der Waals surface area (Å²) >= 11 is 7.30. The second-order valence-corrected chi connectivity index (χ2v) is 7.91. The van der Waals surface area contributed by atoms with Crippen molar-refractivity contribution in [3.05, 3.63) is 68.7 Å². The lowest BCUT2D eigenvalue weighted by Gasteiger charge is -2.18. The van der Waals surface area contributed by atoms with E-state index < -0.39 is 34.4 Å². The molecule has 2 rings (SSSR count). The van der Waals surface area contributed by atoms with Crippen LogP contribution in [0.25, 0.3) is 0 Å². The molecule has 32 heavy (non-hydrogen) atoms. The van der Waals surface area contributed by atoms with E-state index in [1.807, 2.05) is 6.26 Å². The minimum atomic E-state index is -0.880. The Kier molecular flexibility index (Phi) is 9.48. The Bertz CT molecular complexity index is 1000. The van der Waals surface area contributed by atoms with Crippen molar-refractivity contribution in [1.29, 1.82) is 0 Å². The summed E-state index contributed by atoms with van der Waals surface area (Å²) in [6, 6.07) is 8.95. The fourth-order valence-corrected chi connectivity index (χ4v) is 3.33. The molecule has 0 aliphatic rings. The number of nitrogens with zero attached hydrogens (tertiary/aromatic N) is 1. The Balaban J connectivity index is 2.12. The molecule has 1 atom stereocenters. The quantitative estimate of drug-likeness (QED) is 0.300. The fourth-order valence-electron chi connectivity index (χ4n) is 2.67. The lowest BCUT2D eigenvalue weighted by Crippen LogP contribution is -2.44. The minimum absolute atomic E-state index is 0.0156. The van der Waals surface area contributed by atoms with Crippen LogP contribution < -0.4 is 10.6 Å². The Morgan fingerprint density at radius 3 is 2.41 bits per heavy atom. The van der Waals surface area contributed by atoms with E-state index >= 15 is 0 Å². The zero-order valence-corrected chi connectivity index (χ0v) is 19.0. The normalized spacial score (nSPS) is 11.3. The van der Waals surface area contributed by atoms with Gasteiger partial charge in [0.2, 0.25) is 5.91 Å². The first kappa shape index (κ1) is 25.2. The van der Waals surface area contributed by atoms with Crippen molar-refractivity contribution >= 4 is 52.5 Å². The van der Waals surface area contributed by atoms with E-state index in [1.54, 1.807) is 19.1 Å². The second kappa shape index (κ2) is 12.1. The molecule has 0 aromatic heterocycles. The van der Waals surface area contributed by atoms with Crippen molar-refractivity contribution < 1.29 is 24.0 Å². The molecule has 0 saturated carbocycles. The van der Waals surface area contributed by atoms with Gasteiger partial charge in [-0.15, -0.1) is 0 Å². The zero-order chi connectivity index (χ0) is 23.7. The first-order valence-electron chi connectivity index (χ1n) is 9.58. The SMILES string of the molecule is CCOC(=O)c1ccc(NC(=O)C(CCSC)NC(=O)c2ccc(Cl)c([N+](=O)[O-])c2)cc1. The molecule has 0 bridgehead atoms. The van der Waals surface area contributed by atoms with Crippen LogP contribution in [0.1, 0.15) is 34.1 Å². The highest BCUT2D eigenvalue weighted by molar-refractivity contribution is 7.98. The van der Waals surface area contributed by atoms with Crippen LogP contribution in [0, 0.1) is 10.1 Å². The number of carbonyl (C=O) groups excluding carboxylic acids is 3. The Labute approximate surface area is 194 Å². The molecule has 11 heteroatoms. The number of hydrogen-bond acceptors (Lipinski definition) is 7. The van der Waals surface area contributed by atoms with E-state index in [0.717, 1.165) is 6.07 Å². The van der Waals surface area contributed by atoms with Crippen molar-refractivity contribution in [1.82, 2.24) is 5.32 Å². The van der Waals surface area contributed by atoms with Crippen LogP contribution in [0.2, 0.25) is 5.02 Å². The van der Waals surface area contributed by atoms with Crippen LogP contribution in [0.5, 0.6) is 0 Å². The van der Waals surface area contributed by atoms with Crippen molar-refractivity contribution in [2.45, 2.75) is 19.4 Å². The molecule has 0 aliphatic heterocycles. The number of amides is 2. The van der Waals surface area contributed by atoms with Gasteiger partial charge in [0.1, 0.15) is 11.1 Å². The fraction of sp³-hybridized carbons (Fsp3) is 0.286. The lowest BCUT2D eigenvalue weighted by atomic mass is 10.1. The molecule has 2 aromatic rings. The number of nitro groups is 1. The third-order valence-electron chi connectivity index (χ3n) is 4.30. The molecule has 0 fully saturated rings. The number of anilines is 1. The molecule has 0 heterocycles. The maximum atomic E-state index is 12.8. The van der Waals surface area contributed by atoms with Gasteiger partial charge < -0.3 is 15.4 Å². The van der Waals surface area contributed by atoms with Gasteiger partial charge in [-0.3, -0.25) is 19.7 Å². The average molecular weight is 480 g/mol. The van der Waals surface area contributed by atoms with E-state index in [9.17, 15) is 24.5 Å². The number of halogens is 1. The van der Waals surface area contributed by atoms with Gasteiger partial charge in [-0.1, -0.05) is 11.6 Å². The van der Waals surface area contributed by atoms with E-state index in [2.05, 4.69) is 10.6 Å². The van der Waals surface area contributed by atoms with E-state index in [1.165, 1.54) is 36.0 Å². The smallest absolute Gasteiger partial charge is 0.338 e. The Morgan fingerprint density at radius 1 is 1.16 bits per heavy atom. The van der Waals surface area contributed by atoms with E-state index in [0.29, 0.717) is 23.4 Å². The van der Waals surface area contributed by atoms with Gasteiger partial charge in [0.15, 0.2) is 0 Å². The summed E-state index contributed by atoms with van der Waals surface area (Å²) in [4.78, 5) is 47.5. The number of hydrogen-bond donors (Lipinski definition) is 2. The number of nitrogens with one attached hydrogen (secondary N) is 2. The Morgan fingerprint density at radius 2 is 1.81 bits per heavy atom. The number of esters is 1. The molecule has 2 amide bonds. The van der Waals surface area contributed by atoms with Crippen LogP contribution in [-0.2, 0) is 9.53 Å². The van der Waals surface area contributed by atoms with Gasteiger partial charge in [0.25, 0.3) is 11.6 Å². The Hall–Kier alpha value is -3.11. The molecule has 0 aliphatic carbocycles. The van der Waals surface area contributed by atoms with Crippen LogP contribution >= 0.6 is 23.4 Å². The minimum Gasteiger partial charge on any atom is -0.462 e. The summed E-state index contributed by atoms with van der Waals surface area (Å²) in [7, 11) is 0. The molecule has 170 valence electrons. The maximum absolute atomic E-state index is 12.8. The summed E-state index contributed by atoms with van der Waals surface area (Å²) < 4.78 is 4.92. The largest absolute Gasteiger partial charge is 0.462 e. The first-order valence-corrected chi connectivity index (χ1v) is 11.4. The van der Waals surface area contributed by atoms with Gasteiger partial charge in [0.05, 0.1) is 17.1 Å². The number of rotatable bonds is 10. The van der Waals surface area contributed by atoms with Gasteiger partial charge in [0, 0.05) is 17.3 Å². The zero-order valence-electron chi connectivity index (χ0n) is 17.4. The topological polar surface area (TPSA) is 128 Å². The van der Waals surface area contributed by atoms with Crippen molar-refractivity contribution in [3.8, 4) is 0 Å². The second-order valence-electron chi connectivity index (χ2n) is 6.52. The number of nitro benzene ring substituents is 1. The molecule has 0 radical (unpaired) electrons. The number of ether oxygens (including phenoxy) is 1. The number of carbonyl (C=O) groups is 3. The highest BCUT2D eigenvalue weighted by atomic mass is 35.5. The summed E-state index contributed by atoms with van der Waals surface area (Å²) in [6.07, 6.45) is 2.21. The van der Waals surface area contributed by atoms with E-state index in [-0.39, 0.29) is 17.2 Å². The number of benzene rings is 2. The summed E-state index contributed by atoms with van der Waals surface area (Å²) in [5, 5.41) is 16.3. The molecular weight excluding hydrogens is 458 g/mol. The summed E-state index contributed by atoms with van der Waals surface area (Å²) in [5.74, 6) is -0.961. The third kappa shape index (κ3) is 6.96. The molecule has 2 aromatic carbocycles.